The lowest BCUT2D eigenvalue weighted by atomic mass is 10.1. The number of benzene rings is 2. The maximum absolute atomic E-state index is 13.5. The van der Waals surface area contributed by atoms with E-state index in [1.807, 2.05) is 24.3 Å². The summed E-state index contributed by atoms with van der Waals surface area (Å²) in [6, 6.07) is 11.0. The molecular weight excluding hydrogens is 269 g/mol. The van der Waals surface area contributed by atoms with Gasteiger partial charge in [-0.1, -0.05) is 18.2 Å². The van der Waals surface area contributed by atoms with E-state index in [0.29, 0.717) is 18.7 Å². The molecule has 2 aromatic carbocycles. The summed E-state index contributed by atoms with van der Waals surface area (Å²) in [6.07, 6.45) is 0. The van der Waals surface area contributed by atoms with E-state index in [1.165, 1.54) is 0 Å². The van der Waals surface area contributed by atoms with Gasteiger partial charge in [-0.2, -0.15) is 0 Å². The third kappa shape index (κ3) is 3.95. The Morgan fingerprint density at radius 2 is 1.81 bits per heavy atom. The van der Waals surface area contributed by atoms with Crippen molar-refractivity contribution in [3.8, 4) is 11.5 Å². The van der Waals surface area contributed by atoms with Crippen LogP contribution >= 0.6 is 0 Å². The van der Waals surface area contributed by atoms with Crippen LogP contribution in [0.3, 0.4) is 0 Å². The predicted molar refractivity (Wildman–Crippen MR) is 81.2 cm³/mol. The van der Waals surface area contributed by atoms with E-state index in [1.54, 1.807) is 33.3 Å². The van der Waals surface area contributed by atoms with Crippen LogP contribution in [-0.4, -0.2) is 14.2 Å². The van der Waals surface area contributed by atoms with Crippen LogP contribution in [0.1, 0.15) is 16.7 Å². The van der Waals surface area contributed by atoms with Crippen LogP contribution in [0.4, 0.5) is 4.39 Å². The van der Waals surface area contributed by atoms with Gasteiger partial charge < -0.3 is 14.8 Å². The molecule has 4 heteroatoms. The van der Waals surface area contributed by atoms with Crippen molar-refractivity contribution in [2.75, 3.05) is 14.2 Å². The van der Waals surface area contributed by atoms with Gasteiger partial charge in [0.15, 0.2) is 0 Å². The number of nitrogens with one attached hydrogen (secondary N) is 1. The van der Waals surface area contributed by atoms with Crippen LogP contribution in [0, 0.1) is 12.7 Å². The highest BCUT2D eigenvalue weighted by atomic mass is 19.1. The van der Waals surface area contributed by atoms with Crippen molar-refractivity contribution in [2.45, 2.75) is 20.0 Å². The molecule has 21 heavy (non-hydrogen) atoms. The molecular formula is C17H20FNO2. The Balaban J connectivity index is 1.98. The van der Waals surface area contributed by atoms with Gasteiger partial charge in [0, 0.05) is 24.7 Å². The first kappa shape index (κ1) is 15.3. The summed E-state index contributed by atoms with van der Waals surface area (Å²) in [5.74, 6) is 1.37. The minimum atomic E-state index is -0.170. The third-order valence-corrected chi connectivity index (χ3v) is 3.38. The fraction of sp³-hybridized carbons (Fsp3) is 0.294. The van der Waals surface area contributed by atoms with Gasteiger partial charge in [-0.15, -0.1) is 0 Å². The molecule has 0 amide bonds. The average molecular weight is 289 g/mol. The lowest BCUT2D eigenvalue weighted by Gasteiger charge is -2.11. The fourth-order valence-electron chi connectivity index (χ4n) is 2.09. The Hall–Kier alpha value is -2.07. The van der Waals surface area contributed by atoms with Gasteiger partial charge in [-0.3, -0.25) is 0 Å². The molecule has 0 aliphatic carbocycles. The van der Waals surface area contributed by atoms with Gasteiger partial charge in [0.25, 0.3) is 0 Å². The molecule has 2 rings (SSSR count). The van der Waals surface area contributed by atoms with Crippen molar-refractivity contribution in [3.63, 3.8) is 0 Å². The number of ether oxygens (including phenoxy) is 2. The second-order valence-electron chi connectivity index (χ2n) is 4.86. The van der Waals surface area contributed by atoms with Gasteiger partial charge in [0.1, 0.15) is 17.3 Å². The van der Waals surface area contributed by atoms with Crippen molar-refractivity contribution in [3.05, 3.63) is 58.9 Å². The molecule has 0 fully saturated rings. The molecule has 0 aliphatic heterocycles. The van der Waals surface area contributed by atoms with Crippen molar-refractivity contribution in [1.82, 2.24) is 5.32 Å². The second kappa shape index (κ2) is 7.09. The number of halogens is 1. The Morgan fingerprint density at radius 3 is 2.48 bits per heavy atom. The Morgan fingerprint density at radius 1 is 1.00 bits per heavy atom. The minimum absolute atomic E-state index is 0.170. The number of aryl methyl sites for hydroxylation is 1. The van der Waals surface area contributed by atoms with Gasteiger partial charge in [0.05, 0.1) is 14.2 Å². The SMILES string of the molecule is COc1ccc(CNCc2ccc(C)c(F)c2)c(OC)c1. The first-order chi connectivity index (χ1) is 10.1. The molecule has 3 nitrogen and oxygen atoms in total. The Kier molecular flexibility index (Phi) is 5.17. The molecule has 0 unspecified atom stereocenters. The quantitative estimate of drug-likeness (QED) is 0.883. The first-order valence-corrected chi connectivity index (χ1v) is 6.80. The number of hydrogen-bond acceptors (Lipinski definition) is 3. The van der Waals surface area contributed by atoms with E-state index >= 15 is 0 Å². The molecule has 0 radical (unpaired) electrons. The molecule has 0 atom stereocenters. The number of hydrogen-bond donors (Lipinski definition) is 1. The summed E-state index contributed by atoms with van der Waals surface area (Å²) in [4.78, 5) is 0. The Bertz CT molecular complexity index is 614. The van der Waals surface area contributed by atoms with Gasteiger partial charge in [0.2, 0.25) is 0 Å². The minimum Gasteiger partial charge on any atom is -0.497 e. The fourth-order valence-corrected chi connectivity index (χ4v) is 2.09. The zero-order valence-electron chi connectivity index (χ0n) is 12.6. The number of methoxy groups -OCH3 is 2. The third-order valence-electron chi connectivity index (χ3n) is 3.38. The maximum Gasteiger partial charge on any atom is 0.127 e. The van der Waals surface area contributed by atoms with Crippen molar-refractivity contribution < 1.29 is 13.9 Å². The van der Waals surface area contributed by atoms with Gasteiger partial charge in [-0.25, -0.2) is 4.39 Å². The molecule has 2 aromatic rings. The van der Waals surface area contributed by atoms with Crippen LogP contribution in [0.15, 0.2) is 36.4 Å². The average Bonchev–Trinajstić information content (AvgIpc) is 2.51. The molecule has 0 saturated heterocycles. The second-order valence-corrected chi connectivity index (χ2v) is 4.86. The van der Waals surface area contributed by atoms with Crippen molar-refractivity contribution in [1.29, 1.82) is 0 Å². The molecule has 0 aromatic heterocycles. The highest BCUT2D eigenvalue weighted by molar-refractivity contribution is 5.40. The van der Waals surface area contributed by atoms with Crippen LogP contribution in [0.2, 0.25) is 0 Å². The number of rotatable bonds is 6. The molecule has 1 N–H and O–H groups in total. The van der Waals surface area contributed by atoms with Gasteiger partial charge >= 0.3 is 0 Å². The topological polar surface area (TPSA) is 30.5 Å². The van der Waals surface area contributed by atoms with E-state index in [9.17, 15) is 4.39 Å². The zero-order chi connectivity index (χ0) is 15.2. The first-order valence-electron chi connectivity index (χ1n) is 6.80. The summed E-state index contributed by atoms with van der Waals surface area (Å²) in [6.45, 7) is 3.00. The normalized spacial score (nSPS) is 10.5. The lowest BCUT2D eigenvalue weighted by Crippen LogP contribution is -2.13. The smallest absolute Gasteiger partial charge is 0.127 e. The van der Waals surface area contributed by atoms with E-state index in [0.717, 1.165) is 22.6 Å². The summed E-state index contributed by atoms with van der Waals surface area (Å²) in [5.41, 5.74) is 2.62. The highest BCUT2D eigenvalue weighted by Gasteiger charge is 2.05. The molecule has 0 aliphatic rings. The molecule has 0 bridgehead atoms. The largest absolute Gasteiger partial charge is 0.497 e. The van der Waals surface area contributed by atoms with E-state index in [2.05, 4.69) is 5.32 Å². The molecule has 112 valence electrons. The van der Waals surface area contributed by atoms with E-state index in [4.69, 9.17) is 9.47 Å². The summed E-state index contributed by atoms with van der Waals surface area (Å²) in [7, 11) is 3.26. The van der Waals surface area contributed by atoms with Crippen molar-refractivity contribution >= 4 is 0 Å². The zero-order valence-corrected chi connectivity index (χ0v) is 12.6. The van der Waals surface area contributed by atoms with Crippen LogP contribution in [0.25, 0.3) is 0 Å². The van der Waals surface area contributed by atoms with Crippen LogP contribution < -0.4 is 14.8 Å². The molecule has 0 saturated carbocycles. The molecule has 0 heterocycles. The van der Waals surface area contributed by atoms with Crippen LogP contribution in [0.5, 0.6) is 11.5 Å². The maximum atomic E-state index is 13.5. The van der Waals surface area contributed by atoms with Gasteiger partial charge in [-0.05, 0) is 30.2 Å². The summed E-state index contributed by atoms with van der Waals surface area (Å²) >= 11 is 0. The van der Waals surface area contributed by atoms with E-state index < -0.39 is 0 Å². The van der Waals surface area contributed by atoms with Crippen molar-refractivity contribution in [2.24, 2.45) is 0 Å². The van der Waals surface area contributed by atoms with Crippen LogP contribution in [-0.2, 0) is 13.1 Å². The monoisotopic (exact) mass is 289 g/mol. The Labute approximate surface area is 124 Å². The lowest BCUT2D eigenvalue weighted by molar-refractivity contribution is 0.390. The van der Waals surface area contributed by atoms with E-state index in [-0.39, 0.29) is 5.82 Å². The summed E-state index contributed by atoms with van der Waals surface area (Å²) < 4.78 is 24.0. The highest BCUT2D eigenvalue weighted by Crippen LogP contribution is 2.24. The predicted octanol–water partition coefficient (Wildman–Crippen LogP) is 3.44. The summed E-state index contributed by atoms with van der Waals surface area (Å²) in [5, 5.41) is 3.29. The molecule has 0 spiro atoms. The standard InChI is InChI=1S/C17H20FNO2/c1-12-4-5-13(8-16(12)18)10-19-11-14-6-7-15(20-2)9-17(14)21-3/h4-9,19H,10-11H2,1-3H3.